The average Bonchev–Trinajstić information content (AvgIpc) is 2.59. The maximum atomic E-state index is 12.5. The number of piperidine rings is 1. The molecule has 0 atom stereocenters. The van der Waals surface area contributed by atoms with E-state index in [2.05, 4.69) is 50.4 Å². The molecule has 1 fully saturated rings. The van der Waals surface area contributed by atoms with Crippen LogP contribution in [0, 0.1) is 12.8 Å². The monoisotopic (exact) mass is 345 g/mol. The van der Waals surface area contributed by atoms with Gasteiger partial charge >= 0.3 is 6.03 Å². The van der Waals surface area contributed by atoms with Gasteiger partial charge in [-0.25, -0.2) is 4.79 Å². The van der Waals surface area contributed by atoms with Crippen LogP contribution in [0.5, 0.6) is 0 Å². The molecule has 1 aliphatic rings. The van der Waals surface area contributed by atoms with E-state index in [-0.39, 0.29) is 23.3 Å². The van der Waals surface area contributed by atoms with Crippen LogP contribution in [0.15, 0.2) is 24.3 Å². The predicted molar refractivity (Wildman–Crippen MR) is 101 cm³/mol. The Bertz CT molecular complexity index is 617. The summed E-state index contributed by atoms with van der Waals surface area (Å²) in [5.74, 6) is 0.109. The Labute approximate surface area is 151 Å². The molecule has 5 nitrogen and oxygen atoms in total. The Kier molecular flexibility index (Phi) is 6.09. The van der Waals surface area contributed by atoms with Crippen molar-refractivity contribution in [3.05, 3.63) is 35.4 Å². The molecule has 0 bridgehead atoms. The van der Waals surface area contributed by atoms with Crippen LogP contribution >= 0.6 is 0 Å². The molecule has 138 valence electrons. The standard InChI is InChI=1S/C20H31N3O2/c1-15-7-6-8-17(13-15)20(2,3)14-21-18(24)16-9-11-23(12-10-16)19(25)22(4)5/h6-8,13,16H,9-12,14H2,1-5H3,(H,21,24). The number of amides is 3. The molecule has 0 unspecified atom stereocenters. The summed E-state index contributed by atoms with van der Waals surface area (Å²) < 4.78 is 0. The second kappa shape index (κ2) is 7.89. The van der Waals surface area contributed by atoms with E-state index in [0.29, 0.717) is 19.6 Å². The summed E-state index contributed by atoms with van der Waals surface area (Å²) in [6.45, 7) is 8.31. The third kappa shape index (κ3) is 4.97. The minimum absolute atomic E-state index is 0.000443. The Balaban J connectivity index is 1.86. The molecule has 1 saturated heterocycles. The normalized spacial score (nSPS) is 15.8. The zero-order valence-corrected chi connectivity index (χ0v) is 16.1. The minimum Gasteiger partial charge on any atom is -0.355 e. The second-order valence-corrected chi connectivity index (χ2v) is 7.91. The lowest BCUT2D eigenvalue weighted by atomic mass is 9.83. The van der Waals surface area contributed by atoms with Crippen molar-refractivity contribution in [1.82, 2.24) is 15.1 Å². The van der Waals surface area contributed by atoms with Gasteiger partial charge in [0.15, 0.2) is 0 Å². The third-order valence-corrected chi connectivity index (χ3v) is 5.02. The van der Waals surface area contributed by atoms with Crippen LogP contribution in [0.3, 0.4) is 0 Å². The zero-order chi connectivity index (χ0) is 18.6. The highest BCUT2D eigenvalue weighted by Gasteiger charge is 2.29. The van der Waals surface area contributed by atoms with Crippen molar-refractivity contribution in [2.24, 2.45) is 5.92 Å². The number of rotatable bonds is 4. The van der Waals surface area contributed by atoms with E-state index >= 15 is 0 Å². The first-order chi connectivity index (χ1) is 11.7. The number of urea groups is 1. The lowest BCUT2D eigenvalue weighted by Crippen LogP contribution is -2.47. The molecule has 1 aliphatic heterocycles. The summed E-state index contributed by atoms with van der Waals surface area (Å²) in [6.07, 6.45) is 1.46. The van der Waals surface area contributed by atoms with Crippen molar-refractivity contribution in [1.29, 1.82) is 0 Å². The lowest BCUT2D eigenvalue weighted by Gasteiger charge is -2.33. The van der Waals surface area contributed by atoms with Gasteiger partial charge in [-0.1, -0.05) is 43.7 Å². The molecule has 1 heterocycles. The Morgan fingerprint density at radius 3 is 2.44 bits per heavy atom. The highest BCUT2D eigenvalue weighted by atomic mass is 16.2. The summed E-state index contributed by atoms with van der Waals surface area (Å²) in [7, 11) is 3.52. The van der Waals surface area contributed by atoms with Crippen molar-refractivity contribution in [3.63, 3.8) is 0 Å². The zero-order valence-electron chi connectivity index (χ0n) is 16.1. The van der Waals surface area contributed by atoms with Gasteiger partial charge in [0.1, 0.15) is 0 Å². The van der Waals surface area contributed by atoms with E-state index in [9.17, 15) is 9.59 Å². The predicted octanol–water partition coefficient (Wildman–Crippen LogP) is 2.78. The van der Waals surface area contributed by atoms with Crippen LogP contribution in [0.4, 0.5) is 4.79 Å². The number of hydrogen-bond donors (Lipinski definition) is 1. The fraction of sp³-hybridized carbons (Fsp3) is 0.600. The number of likely N-dealkylation sites (tertiary alicyclic amines) is 1. The second-order valence-electron chi connectivity index (χ2n) is 7.91. The highest BCUT2D eigenvalue weighted by Crippen LogP contribution is 2.24. The summed E-state index contributed by atoms with van der Waals surface area (Å²) in [6, 6.07) is 8.47. The number of carbonyl (C=O) groups excluding carboxylic acids is 2. The molecule has 1 aromatic rings. The highest BCUT2D eigenvalue weighted by molar-refractivity contribution is 5.79. The molecule has 3 amide bonds. The van der Waals surface area contributed by atoms with Gasteiger partial charge in [0.25, 0.3) is 0 Å². The SMILES string of the molecule is Cc1cccc(C(C)(C)CNC(=O)C2CCN(C(=O)N(C)C)CC2)c1. The first kappa shape index (κ1) is 19.3. The van der Waals surface area contributed by atoms with Crippen molar-refractivity contribution in [2.45, 2.75) is 39.0 Å². The topological polar surface area (TPSA) is 52.7 Å². The van der Waals surface area contributed by atoms with E-state index in [1.807, 2.05) is 4.90 Å². The first-order valence-corrected chi connectivity index (χ1v) is 9.02. The van der Waals surface area contributed by atoms with Crippen LogP contribution in [-0.2, 0) is 10.2 Å². The number of hydrogen-bond acceptors (Lipinski definition) is 2. The van der Waals surface area contributed by atoms with Crippen LogP contribution in [0.2, 0.25) is 0 Å². The number of carbonyl (C=O) groups is 2. The minimum atomic E-state index is -0.108. The van der Waals surface area contributed by atoms with Gasteiger partial charge in [0, 0.05) is 45.1 Å². The molecule has 0 aromatic heterocycles. The molecule has 5 heteroatoms. The summed E-state index contributed by atoms with van der Waals surface area (Å²) in [5, 5.41) is 3.12. The molecule has 25 heavy (non-hydrogen) atoms. The summed E-state index contributed by atoms with van der Waals surface area (Å²) in [5.41, 5.74) is 2.36. The van der Waals surface area contributed by atoms with Gasteiger partial charge in [0.2, 0.25) is 5.91 Å². The van der Waals surface area contributed by atoms with E-state index < -0.39 is 0 Å². The number of aryl methyl sites for hydroxylation is 1. The fourth-order valence-corrected chi connectivity index (χ4v) is 3.24. The van der Waals surface area contributed by atoms with Gasteiger partial charge < -0.3 is 15.1 Å². The Morgan fingerprint density at radius 1 is 1.24 bits per heavy atom. The van der Waals surface area contributed by atoms with Gasteiger partial charge in [-0.3, -0.25) is 4.79 Å². The van der Waals surface area contributed by atoms with Gasteiger partial charge in [-0.2, -0.15) is 0 Å². The molecular weight excluding hydrogens is 314 g/mol. The van der Waals surface area contributed by atoms with Crippen LogP contribution in [0.1, 0.15) is 37.8 Å². The maximum Gasteiger partial charge on any atom is 0.319 e. The first-order valence-electron chi connectivity index (χ1n) is 9.02. The average molecular weight is 345 g/mol. The third-order valence-electron chi connectivity index (χ3n) is 5.02. The van der Waals surface area contributed by atoms with Crippen LogP contribution in [0.25, 0.3) is 0 Å². The Hall–Kier alpha value is -2.04. The lowest BCUT2D eigenvalue weighted by molar-refractivity contribution is -0.126. The number of benzene rings is 1. The van der Waals surface area contributed by atoms with Crippen molar-refractivity contribution in [3.8, 4) is 0 Å². The van der Waals surface area contributed by atoms with E-state index in [4.69, 9.17) is 0 Å². The van der Waals surface area contributed by atoms with Crippen LogP contribution in [-0.4, -0.2) is 55.5 Å². The Morgan fingerprint density at radius 2 is 1.88 bits per heavy atom. The number of nitrogens with zero attached hydrogens (tertiary/aromatic N) is 2. The van der Waals surface area contributed by atoms with Crippen molar-refractivity contribution in [2.75, 3.05) is 33.7 Å². The molecule has 1 aromatic carbocycles. The molecule has 0 spiro atoms. The molecule has 1 N–H and O–H groups in total. The molecule has 2 rings (SSSR count). The van der Waals surface area contributed by atoms with Gasteiger partial charge in [-0.15, -0.1) is 0 Å². The van der Waals surface area contributed by atoms with E-state index in [1.54, 1.807) is 19.0 Å². The maximum absolute atomic E-state index is 12.5. The largest absolute Gasteiger partial charge is 0.355 e. The van der Waals surface area contributed by atoms with Gasteiger partial charge in [-0.05, 0) is 25.3 Å². The van der Waals surface area contributed by atoms with E-state index in [1.165, 1.54) is 11.1 Å². The number of nitrogens with one attached hydrogen (secondary N) is 1. The van der Waals surface area contributed by atoms with Crippen LogP contribution < -0.4 is 5.32 Å². The van der Waals surface area contributed by atoms with E-state index in [0.717, 1.165) is 12.8 Å². The van der Waals surface area contributed by atoms with Crippen molar-refractivity contribution >= 4 is 11.9 Å². The molecular formula is C20H31N3O2. The summed E-state index contributed by atoms with van der Waals surface area (Å²) in [4.78, 5) is 27.9. The van der Waals surface area contributed by atoms with Gasteiger partial charge in [0.05, 0.1) is 0 Å². The molecule has 0 aliphatic carbocycles. The fourth-order valence-electron chi connectivity index (χ4n) is 3.24. The quantitative estimate of drug-likeness (QED) is 0.912. The smallest absolute Gasteiger partial charge is 0.319 e. The molecule has 0 radical (unpaired) electrons. The summed E-state index contributed by atoms with van der Waals surface area (Å²) >= 11 is 0. The molecule has 0 saturated carbocycles. The van der Waals surface area contributed by atoms with Crippen molar-refractivity contribution < 1.29 is 9.59 Å².